The van der Waals surface area contributed by atoms with E-state index in [1.165, 1.54) is 0 Å². The molecule has 1 atom stereocenters. The number of carbonyl (C=O) groups excluding carboxylic acids is 2. The molecule has 0 spiro atoms. The molecule has 1 unspecified atom stereocenters. The lowest BCUT2D eigenvalue weighted by molar-refractivity contribution is -0.130. The van der Waals surface area contributed by atoms with Crippen LogP contribution >= 0.6 is 23.2 Å². The van der Waals surface area contributed by atoms with E-state index in [9.17, 15) is 9.59 Å². The number of nitrogens with two attached hydrogens (primary N) is 1. The summed E-state index contributed by atoms with van der Waals surface area (Å²) in [5, 5.41) is 1.38. The van der Waals surface area contributed by atoms with E-state index in [4.69, 9.17) is 28.9 Å². The van der Waals surface area contributed by atoms with Gasteiger partial charge in [0.05, 0.1) is 13.0 Å². The quantitative estimate of drug-likeness (QED) is 0.554. The number of nitrogens with zero attached hydrogens (tertiary/aromatic N) is 3. The van der Waals surface area contributed by atoms with Crippen molar-refractivity contribution >= 4 is 35.0 Å². The highest BCUT2D eigenvalue weighted by Crippen LogP contribution is 2.25. The molecule has 1 radical (unpaired) electrons. The van der Waals surface area contributed by atoms with Crippen LogP contribution in [0.15, 0.2) is 48.5 Å². The fourth-order valence-electron chi connectivity index (χ4n) is 4.10. The van der Waals surface area contributed by atoms with Gasteiger partial charge in [-0.25, -0.2) is 0 Å². The number of primary amides is 1. The minimum absolute atomic E-state index is 0.0524. The molecule has 177 valence electrons. The molecule has 3 rings (SSSR count). The Labute approximate surface area is 206 Å². The summed E-state index contributed by atoms with van der Waals surface area (Å²) in [6, 6.07) is 15.5. The van der Waals surface area contributed by atoms with E-state index in [0.717, 1.165) is 30.8 Å². The highest BCUT2D eigenvalue weighted by Gasteiger charge is 2.28. The van der Waals surface area contributed by atoms with Gasteiger partial charge in [0.25, 0.3) is 0 Å². The molecule has 2 aromatic carbocycles. The van der Waals surface area contributed by atoms with E-state index in [2.05, 4.69) is 9.80 Å². The van der Waals surface area contributed by atoms with Crippen molar-refractivity contribution in [2.24, 2.45) is 5.73 Å². The Balaban J connectivity index is 1.61. The Morgan fingerprint density at radius 3 is 2.12 bits per heavy atom. The highest BCUT2D eigenvalue weighted by atomic mass is 35.5. The van der Waals surface area contributed by atoms with Gasteiger partial charge in [-0.15, -0.1) is 0 Å². The van der Waals surface area contributed by atoms with Crippen molar-refractivity contribution in [2.45, 2.75) is 19.4 Å². The summed E-state index contributed by atoms with van der Waals surface area (Å²) in [6.07, 6.45) is 2.32. The summed E-state index contributed by atoms with van der Waals surface area (Å²) in [5.41, 5.74) is 7.64. The molecule has 0 aromatic heterocycles. The topological polar surface area (TPSA) is 69.9 Å². The van der Waals surface area contributed by atoms with Gasteiger partial charge in [0.1, 0.15) is 0 Å². The lowest BCUT2D eigenvalue weighted by Gasteiger charge is -2.41. The second-order valence-electron chi connectivity index (χ2n) is 8.26. The average Bonchev–Trinajstić information content (AvgIpc) is 2.82. The Kier molecular flexibility index (Phi) is 9.56. The van der Waals surface area contributed by atoms with Gasteiger partial charge < -0.3 is 10.6 Å². The Morgan fingerprint density at radius 2 is 1.58 bits per heavy atom. The van der Waals surface area contributed by atoms with E-state index in [1.807, 2.05) is 60.4 Å². The molecule has 1 aliphatic heterocycles. The van der Waals surface area contributed by atoms with Crippen molar-refractivity contribution in [2.75, 3.05) is 45.8 Å². The second kappa shape index (κ2) is 12.4. The van der Waals surface area contributed by atoms with Crippen molar-refractivity contribution in [3.63, 3.8) is 0 Å². The van der Waals surface area contributed by atoms with Crippen LogP contribution in [0.2, 0.25) is 10.0 Å². The molecule has 0 aliphatic carbocycles. The van der Waals surface area contributed by atoms with Crippen LogP contribution in [0.5, 0.6) is 0 Å². The molecular formula is C25H31Cl2N4O2. The van der Waals surface area contributed by atoms with Gasteiger partial charge in [0.15, 0.2) is 0 Å². The van der Waals surface area contributed by atoms with Crippen LogP contribution in [-0.4, -0.2) is 72.3 Å². The fourth-order valence-corrected chi connectivity index (χ4v) is 4.35. The number of rotatable bonds is 10. The monoisotopic (exact) mass is 489 g/mol. The van der Waals surface area contributed by atoms with Crippen LogP contribution in [0.4, 0.5) is 0 Å². The van der Waals surface area contributed by atoms with Crippen molar-refractivity contribution in [3.05, 3.63) is 76.1 Å². The highest BCUT2D eigenvalue weighted by molar-refractivity contribution is 6.30. The summed E-state index contributed by atoms with van der Waals surface area (Å²) in [7, 11) is 0. The van der Waals surface area contributed by atoms with Crippen LogP contribution < -0.4 is 5.73 Å². The van der Waals surface area contributed by atoms with Gasteiger partial charge in [0, 0.05) is 48.8 Å². The summed E-state index contributed by atoms with van der Waals surface area (Å²) in [4.78, 5) is 30.5. The zero-order valence-corrected chi connectivity index (χ0v) is 20.4. The molecule has 2 N–H and O–H groups in total. The van der Waals surface area contributed by atoms with Crippen LogP contribution in [0.25, 0.3) is 0 Å². The van der Waals surface area contributed by atoms with Crippen LogP contribution in [-0.2, 0) is 16.0 Å². The number of likely N-dealkylation sites (N-methyl/N-ethyl adjacent to an activating group) is 1. The predicted octanol–water partition coefficient (Wildman–Crippen LogP) is 3.43. The van der Waals surface area contributed by atoms with Crippen molar-refractivity contribution in [3.8, 4) is 0 Å². The number of hydrogen-bond donors (Lipinski definition) is 1. The molecule has 8 heteroatoms. The average molecular weight is 490 g/mol. The van der Waals surface area contributed by atoms with E-state index in [1.54, 1.807) is 6.42 Å². The Morgan fingerprint density at radius 1 is 1.00 bits per heavy atom. The zero-order chi connectivity index (χ0) is 23.8. The van der Waals surface area contributed by atoms with E-state index in [0.29, 0.717) is 36.1 Å². The first-order valence-electron chi connectivity index (χ1n) is 11.2. The third-order valence-electron chi connectivity index (χ3n) is 6.00. The van der Waals surface area contributed by atoms with Gasteiger partial charge in [-0.05, 0) is 48.4 Å². The largest absolute Gasteiger partial charge is 0.369 e. The maximum absolute atomic E-state index is 12.7. The lowest BCUT2D eigenvalue weighted by atomic mass is 10.0. The smallest absolute Gasteiger partial charge is 0.231 e. The summed E-state index contributed by atoms with van der Waals surface area (Å²) < 4.78 is 0. The first kappa shape index (κ1) is 25.5. The minimum atomic E-state index is -0.335. The number of hydrogen-bond acceptors (Lipinski definition) is 4. The molecule has 0 bridgehead atoms. The predicted molar refractivity (Wildman–Crippen MR) is 133 cm³/mol. The van der Waals surface area contributed by atoms with Crippen molar-refractivity contribution in [1.82, 2.24) is 14.7 Å². The van der Waals surface area contributed by atoms with Crippen molar-refractivity contribution in [1.29, 1.82) is 0 Å². The number of carbonyl (C=O) groups is 2. The normalized spacial score (nSPS) is 15.6. The molecule has 2 amide bonds. The molecule has 1 aliphatic rings. The molecule has 33 heavy (non-hydrogen) atoms. The van der Waals surface area contributed by atoms with Gasteiger partial charge in [-0.3, -0.25) is 19.4 Å². The van der Waals surface area contributed by atoms with Crippen LogP contribution in [0.1, 0.15) is 24.1 Å². The number of benzene rings is 2. The number of amides is 2. The molecular weight excluding hydrogens is 459 g/mol. The van der Waals surface area contributed by atoms with Gasteiger partial charge in [0.2, 0.25) is 11.8 Å². The SMILES string of the molecule is CCN(CC(N)=O)CC(c1ccc(Cl)cc1)N1CCN(C(=O)[CH]Cc2ccc(Cl)cc2)CC1. The first-order chi connectivity index (χ1) is 15.9. The minimum Gasteiger partial charge on any atom is -0.369 e. The van der Waals surface area contributed by atoms with Crippen molar-refractivity contribution < 1.29 is 9.59 Å². The van der Waals surface area contributed by atoms with Crippen LogP contribution in [0.3, 0.4) is 0 Å². The fraction of sp³-hybridized carbons (Fsp3) is 0.400. The summed E-state index contributed by atoms with van der Waals surface area (Å²) in [6.45, 7) is 6.46. The second-order valence-corrected chi connectivity index (χ2v) is 9.13. The molecule has 0 saturated carbocycles. The molecule has 1 fully saturated rings. The van der Waals surface area contributed by atoms with Crippen LogP contribution in [0, 0.1) is 6.42 Å². The molecule has 1 saturated heterocycles. The van der Waals surface area contributed by atoms with E-state index >= 15 is 0 Å². The molecule has 1 heterocycles. The Hall–Kier alpha value is -2.12. The summed E-state index contributed by atoms with van der Waals surface area (Å²) >= 11 is 12.0. The maximum atomic E-state index is 12.7. The number of halogens is 2. The zero-order valence-electron chi connectivity index (χ0n) is 18.9. The standard InChI is InChI=1S/C25H31Cl2N4O2/c1-2-29(18-24(28)32)17-23(20-6-10-22(27)11-7-20)30-13-15-31(16-14-30)25(33)12-5-19-3-8-21(26)9-4-19/h3-4,6-12,23H,2,5,13-18H2,1H3,(H2,28,32). The third-order valence-corrected chi connectivity index (χ3v) is 6.51. The van der Waals surface area contributed by atoms with E-state index in [-0.39, 0.29) is 24.4 Å². The lowest BCUT2D eigenvalue weighted by Crippen LogP contribution is -2.52. The molecule has 2 aromatic rings. The third kappa shape index (κ3) is 7.71. The Bertz CT molecular complexity index is 913. The van der Waals surface area contributed by atoms with E-state index < -0.39 is 0 Å². The molecule has 6 nitrogen and oxygen atoms in total. The maximum Gasteiger partial charge on any atom is 0.231 e. The van der Waals surface area contributed by atoms with Gasteiger partial charge in [-0.1, -0.05) is 54.4 Å². The first-order valence-corrected chi connectivity index (χ1v) is 12.0. The van der Waals surface area contributed by atoms with Gasteiger partial charge in [-0.2, -0.15) is 0 Å². The summed E-state index contributed by atoms with van der Waals surface area (Å²) in [5.74, 6) is -0.282. The van der Waals surface area contributed by atoms with Gasteiger partial charge >= 0.3 is 0 Å². The number of piperazine rings is 1.